The van der Waals surface area contributed by atoms with Gasteiger partial charge in [0, 0.05) is 47.6 Å². The van der Waals surface area contributed by atoms with E-state index in [0.29, 0.717) is 42.0 Å². The maximum atomic E-state index is 15.0. The fraction of sp³-hybridized carbons (Fsp3) is 0.395. The van der Waals surface area contributed by atoms with Crippen LogP contribution in [0, 0.1) is 5.92 Å². The van der Waals surface area contributed by atoms with Crippen LogP contribution in [0.5, 0.6) is 0 Å². The molecule has 0 saturated carbocycles. The molecule has 11 heteroatoms. The first kappa shape index (κ1) is 39.0. The van der Waals surface area contributed by atoms with Crippen molar-refractivity contribution in [1.29, 1.82) is 0 Å². The minimum atomic E-state index is -2.92. The number of allylic oxidation sites excluding steroid dienone is 3. The highest BCUT2D eigenvalue weighted by atomic mass is 28.4. The van der Waals surface area contributed by atoms with E-state index in [9.17, 15) is 19.5 Å². The molecule has 2 aliphatic heterocycles. The third-order valence-electron chi connectivity index (χ3n) is 10.9. The number of hydrogen-bond donors (Lipinski definition) is 3. The minimum Gasteiger partial charge on any atom is -0.432 e. The highest BCUT2D eigenvalue weighted by molar-refractivity contribution is 6.71. The molecule has 3 heterocycles. The van der Waals surface area contributed by atoms with Crippen LogP contribution in [0.25, 0.3) is 0 Å². The van der Waals surface area contributed by atoms with Crippen LogP contribution >= 0.6 is 0 Å². The molecular weight excluding hydrogens is 695 g/mol. The third-order valence-corrected chi connectivity index (χ3v) is 13.4. The predicted molar refractivity (Wildman–Crippen MR) is 215 cm³/mol. The summed E-state index contributed by atoms with van der Waals surface area (Å²) in [5.74, 6) is -1.07. The molecule has 6 rings (SSSR count). The van der Waals surface area contributed by atoms with Crippen LogP contribution in [-0.4, -0.2) is 64.3 Å². The van der Waals surface area contributed by atoms with Crippen LogP contribution in [0.3, 0.4) is 0 Å². The molecule has 1 unspecified atom stereocenters. The second-order valence-corrected chi connectivity index (χ2v) is 19.5. The molecule has 0 bridgehead atoms. The fourth-order valence-electron chi connectivity index (χ4n) is 8.23. The molecule has 1 aromatic heterocycles. The lowest BCUT2D eigenvalue weighted by molar-refractivity contribution is -0.145. The van der Waals surface area contributed by atoms with Crippen LogP contribution in [0.2, 0.25) is 18.6 Å². The Bertz CT molecular complexity index is 2000. The van der Waals surface area contributed by atoms with Gasteiger partial charge in [0.2, 0.25) is 0 Å². The Kier molecular flexibility index (Phi) is 11.8. The lowest BCUT2D eigenvalue weighted by Crippen LogP contribution is -2.46. The highest BCUT2D eigenvalue weighted by Gasteiger charge is 2.66. The number of anilines is 2. The summed E-state index contributed by atoms with van der Waals surface area (Å²) in [4.78, 5) is 41.8. The van der Waals surface area contributed by atoms with Crippen LogP contribution in [0.15, 0.2) is 108 Å². The van der Waals surface area contributed by atoms with Crippen LogP contribution in [-0.2, 0) is 21.7 Å². The Morgan fingerprint density at radius 3 is 2.41 bits per heavy atom. The maximum Gasteiger partial charge on any atom is 0.264 e. The first-order chi connectivity index (χ1) is 25.8. The van der Waals surface area contributed by atoms with Gasteiger partial charge in [0.15, 0.2) is 13.9 Å². The van der Waals surface area contributed by atoms with Gasteiger partial charge in [0.1, 0.15) is 0 Å². The number of benzene rings is 3. The zero-order valence-electron chi connectivity index (χ0n) is 32.2. The standard InChI is InChI=1S/C43H53N5O5Si/c1-29(2)14-13-15-30(3)22-25-48-38-21-20-34(44-41(50)33-18-11-8-12-19-33)26-36(38)43(42(48)51)31(4)40(54(5,6)52)39(53-43)23-24-47-27-37(45-46-47)35(28-49)32-16-9-7-10-17-32/h7-12,14,16-22,26-27,31,35,39-40,49,52H,13,15,23-25,28H2,1-6H3,(H,44,50)/b30-22+/t31-,35?,39+,40-,43+/m0/s1. The molecule has 0 radical (unpaired) electrons. The molecule has 10 nitrogen and oxygen atoms in total. The molecule has 3 N–H and O–H groups in total. The number of carbonyl (C=O) groups excluding carboxylic acids is 2. The van der Waals surface area contributed by atoms with Crippen LogP contribution < -0.4 is 10.2 Å². The van der Waals surface area contributed by atoms with E-state index >= 15 is 0 Å². The lowest BCUT2D eigenvalue weighted by atomic mass is 9.82. The van der Waals surface area contributed by atoms with E-state index in [4.69, 9.17) is 4.74 Å². The van der Waals surface area contributed by atoms with E-state index in [1.165, 1.54) is 11.1 Å². The molecule has 2 aliphatic rings. The van der Waals surface area contributed by atoms with Gasteiger partial charge in [-0.1, -0.05) is 84.0 Å². The van der Waals surface area contributed by atoms with Crippen molar-refractivity contribution in [3.8, 4) is 0 Å². The number of fused-ring (bicyclic) bond motifs is 2. The summed E-state index contributed by atoms with van der Waals surface area (Å²) >= 11 is 0. The van der Waals surface area contributed by atoms with Gasteiger partial charge >= 0.3 is 0 Å². The molecule has 3 aromatic carbocycles. The molecule has 2 amide bonds. The van der Waals surface area contributed by atoms with E-state index < -0.39 is 20.0 Å². The van der Waals surface area contributed by atoms with Gasteiger partial charge in [-0.05, 0) is 89.0 Å². The number of carbonyl (C=O) groups is 2. The summed E-state index contributed by atoms with van der Waals surface area (Å²) in [7, 11) is -2.92. The first-order valence-electron chi connectivity index (χ1n) is 18.9. The van der Waals surface area contributed by atoms with Gasteiger partial charge in [-0.3, -0.25) is 14.3 Å². The van der Waals surface area contributed by atoms with E-state index in [0.717, 1.165) is 24.1 Å². The minimum absolute atomic E-state index is 0.100. The number of nitrogens with one attached hydrogen (secondary N) is 1. The van der Waals surface area contributed by atoms with Crippen molar-refractivity contribution in [1.82, 2.24) is 15.0 Å². The van der Waals surface area contributed by atoms with Gasteiger partial charge in [-0.2, -0.15) is 0 Å². The number of ether oxygens (including phenoxy) is 1. The number of aliphatic hydroxyl groups excluding tert-OH is 1. The Labute approximate surface area is 319 Å². The number of aryl methyl sites for hydroxylation is 1. The number of aromatic nitrogens is 3. The summed E-state index contributed by atoms with van der Waals surface area (Å²) in [6.45, 7) is 12.9. The molecule has 5 atom stereocenters. The van der Waals surface area contributed by atoms with E-state index in [2.05, 4.69) is 48.6 Å². The Hall–Kier alpha value is -4.68. The topological polar surface area (TPSA) is 130 Å². The Morgan fingerprint density at radius 1 is 1.04 bits per heavy atom. The second-order valence-electron chi connectivity index (χ2n) is 15.5. The summed E-state index contributed by atoms with van der Waals surface area (Å²) in [5, 5.41) is 22.0. The smallest absolute Gasteiger partial charge is 0.264 e. The van der Waals surface area contributed by atoms with Crippen molar-refractivity contribution in [2.75, 3.05) is 23.4 Å². The fourth-order valence-corrected chi connectivity index (χ4v) is 10.8. The maximum absolute atomic E-state index is 15.0. The quantitative estimate of drug-likeness (QED) is 0.0896. The van der Waals surface area contributed by atoms with Crippen molar-refractivity contribution in [2.24, 2.45) is 5.92 Å². The van der Waals surface area contributed by atoms with Gasteiger partial charge < -0.3 is 24.9 Å². The molecule has 1 saturated heterocycles. The van der Waals surface area contributed by atoms with Gasteiger partial charge in [-0.15, -0.1) is 5.10 Å². The number of rotatable bonds is 14. The van der Waals surface area contributed by atoms with Crippen LogP contribution in [0.4, 0.5) is 11.4 Å². The molecule has 4 aromatic rings. The monoisotopic (exact) mass is 747 g/mol. The van der Waals surface area contributed by atoms with Crippen molar-refractivity contribution >= 4 is 31.5 Å². The first-order valence-corrected chi connectivity index (χ1v) is 21.9. The van der Waals surface area contributed by atoms with Gasteiger partial charge in [0.25, 0.3) is 11.8 Å². The molecular formula is C43H53N5O5Si. The largest absolute Gasteiger partial charge is 0.432 e. The van der Waals surface area contributed by atoms with E-state index in [-0.39, 0.29) is 35.8 Å². The average molecular weight is 748 g/mol. The summed E-state index contributed by atoms with van der Waals surface area (Å²) in [6.07, 6.45) is 8.04. The van der Waals surface area contributed by atoms with Crippen molar-refractivity contribution in [3.05, 3.63) is 131 Å². The van der Waals surface area contributed by atoms with Crippen molar-refractivity contribution < 1.29 is 24.2 Å². The highest BCUT2D eigenvalue weighted by Crippen LogP contribution is 2.60. The molecule has 0 aliphatic carbocycles. The molecule has 284 valence electrons. The Morgan fingerprint density at radius 2 is 1.74 bits per heavy atom. The van der Waals surface area contributed by atoms with Gasteiger partial charge in [0.05, 0.1) is 30.0 Å². The second kappa shape index (κ2) is 16.4. The normalized spacial score (nSPS) is 21.7. The number of aliphatic hydroxyl groups is 1. The lowest BCUT2D eigenvalue weighted by Gasteiger charge is -2.32. The Balaban J connectivity index is 1.32. The predicted octanol–water partition coefficient (Wildman–Crippen LogP) is 7.58. The number of amides is 2. The van der Waals surface area contributed by atoms with Crippen LogP contribution in [0.1, 0.15) is 80.1 Å². The summed E-state index contributed by atoms with van der Waals surface area (Å²) in [6, 6.07) is 24.4. The number of hydrogen-bond acceptors (Lipinski definition) is 7. The molecule has 54 heavy (non-hydrogen) atoms. The average Bonchev–Trinajstić information content (AvgIpc) is 3.80. The van der Waals surface area contributed by atoms with Crippen molar-refractivity contribution in [2.45, 2.75) is 89.8 Å². The summed E-state index contributed by atoms with van der Waals surface area (Å²) in [5.41, 5.74) is 4.98. The summed E-state index contributed by atoms with van der Waals surface area (Å²) < 4.78 is 8.83. The molecule has 1 spiro atoms. The molecule has 1 fully saturated rings. The van der Waals surface area contributed by atoms with E-state index in [1.54, 1.807) is 21.7 Å². The van der Waals surface area contributed by atoms with Crippen molar-refractivity contribution in [3.63, 3.8) is 0 Å². The third kappa shape index (κ3) is 8.05. The SMILES string of the molecule is CC(C)=CCC/C(C)=C/CN1C(=O)[C@]2(O[C@H](CCn3cc(C(CO)c4ccccc4)nn3)[C@@H]([Si](C)(C)O)[C@@H]2C)c2cc(NC(=O)c3ccccc3)ccc21. The zero-order valence-corrected chi connectivity index (χ0v) is 33.2. The van der Waals surface area contributed by atoms with Gasteiger partial charge in [-0.25, -0.2) is 0 Å². The van der Waals surface area contributed by atoms with E-state index in [1.807, 2.05) is 92.9 Å². The number of nitrogens with zero attached hydrogens (tertiary/aromatic N) is 4. The zero-order chi connectivity index (χ0) is 38.6.